The normalized spacial score (nSPS) is 18.2. The monoisotopic (exact) mass is 470 g/mol. The van der Waals surface area contributed by atoms with Gasteiger partial charge < -0.3 is 15.5 Å². The molecule has 2 aliphatic rings. The van der Waals surface area contributed by atoms with Gasteiger partial charge in [0.2, 0.25) is 0 Å². The van der Waals surface area contributed by atoms with Crippen molar-refractivity contribution >= 4 is 35.8 Å². The minimum Gasteiger partial charge on any atom is -0.357 e. The predicted octanol–water partition coefficient (Wildman–Crippen LogP) is 3.40. The Morgan fingerprint density at radius 2 is 1.81 bits per heavy atom. The van der Waals surface area contributed by atoms with Gasteiger partial charge in [0.15, 0.2) is 5.96 Å². The fourth-order valence-electron chi connectivity index (χ4n) is 3.82. The van der Waals surface area contributed by atoms with E-state index in [0.29, 0.717) is 24.1 Å². The van der Waals surface area contributed by atoms with Crippen LogP contribution in [0.5, 0.6) is 0 Å². The first-order valence-electron chi connectivity index (χ1n) is 9.56. The van der Waals surface area contributed by atoms with Crippen LogP contribution in [0.25, 0.3) is 0 Å². The van der Waals surface area contributed by atoms with Crippen LogP contribution in [-0.4, -0.2) is 42.9 Å². The standard InChI is InChI=1S/C20H30N4O.HI/c1-3-21-18(25)17-8-6-16(7-9-17)14-23-19(22-4-2)24-13-12-20(15-24)10-5-11-20;/h6-9H,3-5,10-15H2,1-2H3,(H,21,25)(H,22,23);1H. The van der Waals surface area contributed by atoms with E-state index in [1.54, 1.807) is 0 Å². The van der Waals surface area contributed by atoms with Crippen molar-refractivity contribution in [3.05, 3.63) is 35.4 Å². The van der Waals surface area contributed by atoms with Crippen LogP contribution in [0.15, 0.2) is 29.3 Å². The number of carbonyl (C=O) groups excluding carboxylic acids is 1. The van der Waals surface area contributed by atoms with Gasteiger partial charge >= 0.3 is 0 Å². The predicted molar refractivity (Wildman–Crippen MR) is 117 cm³/mol. The lowest BCUT2D eigenvalue weighted by molar-refractivity contribution is 0.0956. The summed E-state index contributed by atoms with van der Waals surface area (Å²) in [6.45, 7) is 8.48. The van der Waals surface area contributed by atoms with Crippen molar-refractivity contribution in [1.82, 2.24) is 15.5 Å². The minimum absolute atomic E-state index is 0. The highest BCUT2D eigenvalue weighted by Crippen LogP contribution is 2.47. The Balaban J connectivity index is 0.00000243. The van der Waals surface area contributed by atoms with Crippen molar-refractivity contribution in [2.75, 3.05) is 26.2 Å². The Kier molecular flexibility index (Phi) is 7.73. The molecule has 0 atom stereocenters. The molecule has 26 heavy (non-hydrogen) atoms. The van der Waals surface area contributed by atoms with Crippen LogP contribution in [0, 0.1) is 5.41 Å². The summed E-state index contributed by atoms with van der Waals surface area (Å²) in [5, 5.41) is 6.26. The Labute approximate surface area is 174 Å². The van der Waals surface area contributed by atoms with Crippen molar-refractivity contribution in [2.24, 2.45) is 10.4 Å². The lowest BCUT2D eigenvalue weighted by Gasteiger charge is -2.38. The van der Waals surface area contributed by atoms with Crippen molar-refractivity contribution in [3.8, 4) is 0 Å². The van der Waals surface area contributed by atoms with Gasteiger partial charge in [0.1, 0.15) is 0 Å². The van der Waals surface area contributed by atoms with E-state index in [-0.39, 0.29) is 29.9 Å². The van der Waals surface area contributed by atoms with Gasteiger partial charge in [-0.3, -0.25) is 4.79 Å². The first-order chi connectivity index (χ1) is 12.2. The van der Waals surface area contributed by atoms with E-state index in [1.165, 1.54) is 25.7 Å². The molecule has 0 radical (unpaired) electrons. The molecular weight excluding hydrogens is 439 g/mol. The highest BCUT2D eigenvalue weighted by atomic mass is 127. The molecule has 2 fully saturated rings. The molecule has 6 heteroatoms. The van der Waals surface area contributed by atoms with Gasteiger partial charge in [-0.1, -0.05) is 18.6 Å². The topological polar surface area (TPSA) is 56.7 Å². The molecule has 3 rings (SSSR count). The zero-order chi connectivity index (χ0) is 17.7. The fraction of sp³-hybridized carbons (Fsp3) is 0.600. The first kappa shape index (κ1) is 21.0. The number of halogens is 1. The molecule has 2 N–H and O–H groups in total. The van der Waals surface area contributed by atoms with Crippen LogP contribution in [0.3, 0.4) is 0 Å². The molecule has 1 aromatic carbocycles. The summed E-state index contributed by atoms with van der Waals surface area (Å²) in [7, 11) is 0. The van der Waals surface area contributed by atoms with E-state index in [1.807, 2.05) is 31.2 Å². The number of nitrogens with one attached hydrogen (secondary N) is 2. The van der Waals surface area contributed by atoms with E-state index in [0.717, 1.165) is 31.2 Å². The molecule has 1 amide bonds. The molecule has 0 bridgehead atoms. The quantitative estimate of drug-likeness (QED) is 0.394. The Morgan fingerprint density at radius 3 is 2.35 bits per heavy atom. The SMILES string of the molecule is CCNC(=O)c1ccc(CN=C(NCC)N2CCC3(CCC3)C2)cc1.I. The molecule has 1 saturated carbocycles. The van der Waals surface area contributed by atoms with Gasteiger partial charge in [-0.05, 0) is 56.2 Å². The van der Waals surface area contributed by atoms with Crippen molar-refractivity contribution < 1.29 is 4.79 Å². The average Bonchev–Trinajstić information content (AvgIpc) is 3.05. The van der Waals surface area contributed by atoms with Gasteiger partial charge in [-0.25, -0.2) is 4.99 Å². The number of amides is 1. The van der Waals surface area contributed by atoms with Crippen LogP contribution in [0.2, 0.25) is 0 Å². The lowest BCUT2D eigenvalue weighted by Crippen LogP contribution is -2.42. The maximum atomic E-state index is 11.8. The summed E-state index contributed by atoms with van der Waals surface area (Å²) in [5.41, 5.74) is 2.40. The summed E-state index contributed by atoms with van der Waals surface area (Å²) >= 11 is 0. The number of likely N-dealkylation sites (tertiary alicyclic amines) is 1. The van der Waals surface area contributed by atoms with Gasteiger partial charge in [0.05, 0.1) is 6.54 Å². The number of aliphatic imine (C=N–C) groups is 1. The molecule has 1 saturated heterocycles. The van der Waals surface area contributed by atoms with Crippen molar-refractivity contribution in [2.45, 2.75) is 46.1 Å². The summed E-state index contributed by atoms with van der Waals surface area (Å²) < 4.78 is 0. The maximum Gasteiger partial charge on any atom is 0.251 e. The van der Waals surface area contributed by atoms with Crippen LogP contribution in [0.4, 0.5) is 0 Å². The third-order valence-electron chi connectivity index (χ3n) is 5.45. The lowest BCUT2D eigenvalue weighted by atomic mass is 9.68. The molecule has 5 nitrogen and oxygen atoms in total. The molecule has 1 aliphatic carbocycles. The highest BCUT2D eigenvalue weighted by Gasteiger charge is 2.43. The molecule has 144 valence electrons. The highest BCUT2D eigenvalue weighted by molar-refractivity contribution is 14.0. The van der Waals surface area contributed by atoms with E-state index >= 15 is 0 Å². The van der Waals surface area contributed by atoms with Crippen LogP contribution >= 0.6 is 24.0 Å². The van der Waals surface area contributed by atoms with Crippen LogP contribution < -0.4 is 10.6 Å². The molecule has 0 aromatic heterocycles. The molecule has 1 aliphatic heterocycles. The number of benzene rings is 1. The smallest absolute Gasteiger partial charge is 0.251 e. The Morgan fingerprint density at radius 1 is 1.12 bits per heavy atom. The second-order valence-electron chi connectivity index (χ2n) is 7.25. The molecular formula is C20H31IN4O. The minimum atomic E-state index is -0.0197. The third kappa shape index (κ3) is 4.90. The number of rotatable bonds is 5. The third-order valence-corrected chi connectivity index (χ3v) is 5.45. The molecule has 0 unspecified atom stereocenters. The Hall–Kier alpha value is -1.31. The van der Waals surface area contributed by atoms with E-state index < -0.39 is 0 Å². The van der Waals surface area contributed by atoms with Gasteiger partial charge in [-0.15, -0.1) is 24.0 Å². The summed E-state index contributed by atoms with van der Waals surface area (Å²) in [6, 6.07) is 7.74. The molecule has 1 heterocycles. The van der Waals surface area contributed by atoms with Gasteiger partial charge in [-0.2, -0.15) is 0 Å². The zero-order valence-electron chi connectivity index (χ0n) is 15.9. The van der Waals surface area contributed by atoms with E-state index in [2.05, 4.69) is 22.5 Å². The van der Waals surface area contributed by atoms with Crippen LogP contribution in [0.1, 0.15) is 55.5 Å². The summed E-state index contributed by atoms with van der Waals surface area (Å²) in [6.07, 6.45) is 5.45. The number of carbonyl (C=O) groups is 1. The molecule has 1 spiro atoms. The first-order valence-corrected chi connectivity index (χ1v) is 9.56. The number of hydrogen-bond acceptors (Lipinski definition) is 2. The Bertz CT molecular complexity index is 625. The summed E-state index contributed by atoms with van der Waals surface area (Å²) in [5.74, 6) is 1.01. The number of hydrogen-bond donors (Lipinski definition) is 2. The van der Waals surface area contributed by atoms with Crippen molar-refractivity contribution in [1.29, 1.82) is 0 Å². The van der Waals surface area contributed by atoms with E-state index in [4.69, 9.17) is 4.99 Å². The number of nitrogens with zero attached hydrogens (tertiary/aromatic N) is 2. The number of guanidine groups is 1. The van der Waals surface area contributed by atoms with Gasteiger partial charge in [0.25, 0.3) is 5.91 Å². The second kappa shape index (κ2) is 9.58. The zero-order valence-corrected chi connectivity index (χ0v) is 18.2. The summed E-state index contributed by atoms with van der Waals surface area (Å²) in [4.78, 5) is 19.1. The van der Waals surface area contributed by atoms with E-state index in [9.17, 15) is 4.79 Å². The average molecular weight is 470 g/mol. The largest absolute Gasteiger partial charge is 0.357 e. The second-order valence-corrected chi connectivity index (χ2v) is 7.25. The maximum absolute atomic E-state index is 11.8. The van der Waals surface area contributed by atoms with Crippen LogP contribution in [-0.2, 0) is 6.54 Å². The van der Waals surface area contributed by atoms with Crippen molar-refractivity contribution in [3.63, 3.8) is 0 Å². The molecule has 1 aromatic rings. The fourth-order valence-corrected chi connectivity index (χ4v) is 3.82. The van der Waals surface area contributed by atoms with Gasteiger partial charge in [0, 0.05) is 31.7 Å².